The zero-order valence-electron chi connectivity index (χ0n) is 10.5. The Morgan fingerprint density at radius 3 is 2.55 bits per heavy atom. The molecule has 1 heterocycles. The molecule has 0 bridgehead atoms. The maximum Gasteiger partial charge on any atom is 0.299 e. The molecule has 0 fully saturated rings. The fourth-order valence-corrected chi connectivity index (χ4v) is 1.68. The van der Waals surface area contributed by atoms with Gasteiger partial charge in [-0.25, -0.2) is 0 Å². The van der Waals surface area contributed by atoms with Crippen molar-refractivity contribution >= 4 is 17.1 Å². The number of nitro benzene ring substituents is 2. The van der Waals surface area contributed by atoms with Crippen molar-refractivity contribution in [2.24, 2.45) is 7.05 Å². The first kappa shape index (κ1) is 13.5. The van der Waals surface area contributed by atoms with Crippen LogP contribution < -0.4 is 5.32 Å². The second-order valence-electron chi connectivity index (χ2n) is 4.05. The minimum Gasteiger partial charge on any atom is -0.374 e. The van der Waals surface area contributed by atoms with Gasteiger partial charge in [-0.05, 0) is 12.1 Å². The highest BCUT2D eigenvalue weighted by atomic mass is 16.6. The average Bonchev–Trinajstić information content (AvgIpc) is 2.81. The van der Waals surface area contributed by atoms with Gasteiger partial charge in [-0.15, -0.1) is 0 Å². The van der Waals surface area contributed by atoms with E-state index in [4.69, 9.17) is 0 Å². The molecule has 20 heavy (non-hydrogen) atoms. The van der Waals surface area contributed by atoms with Crippen LogP contribution in [-0.4, -0.2) is 19.6 Å². The first-order valence-corrected chi connectivity index (χ1v) is 5.62. The Hall–Kier alpha value is -2.97. The number of nitro groups is 2. The molecule has 1 N–H and O–H groups in total. The predicted molar refractivity (Wildman–Crippen MR) is 70.3 cm³/mol. The monoisotopic (exact) mass is 277 g/mol. The van der Waals surface area contributed by atoms with Gasteiger partial charge in [0.05, 0.1) is 28.2 Å². The Morgan fingerprint density at radius 2 is 2.00 bits per heavy atom. The average molecular weight is 277 g/mol. The van der Waals surface area contributed by atoms with E-state index in [0.29, 0.717) is 12.2 Å². The summed E-state index contributed by atoms with van der Waals surface area (Å²) in [6.45, 7) is 0.291. The number of nitrogens with zero attached hydrogens (tertiary/aromatic N) is 4. The number of hydrogen-bond donors (Lipinski definition) is 1. The molecule has 2 aromatic rings. The molecule has 0 radical (unpaired) electrons. The van der Waals surface area contributed by atoms with Crippen LogP contribution in [0.4, 0.5) is 17.1 Å². The Balaban J connectivity index is 2.22. The van der Waals surface area contributed by atoms with Crippen molar-refractivity contribution in [3.05, 3.63) is 56.4 Å². The third-order valence-electron chi connectivity index (χ3n) is 2.62. The van der Waals surface area contributed by atoms with Crippen LogP contribution in [0.3, 0.4) is 0 Å². The SMILES string of the molecule is Cn1ccc(CNc2ccc([N+](=O)[O-])cc2[N+](=O)[O-])n1. The summed E-state index contributed by atoms with van der Waals surface area (Å²) in [6, 6.07) is 5.23. The van der Waals surface area contributed by atoms with Crippen LogP contribution >= 0.6 is 0 Å². The van der Waals surface area contributed by atoms with Crippen molar-refractivity contribution < 1.29 is 9.85 Å². The topological polar surface area (TPSA) is 116 Å². The number of nitrogens with one attached hydrogen (secondary N) is 1. The van der Waals surface area contributed by atoms with E-state index in [1.54, 1.807) is 24.0 Å². The molecule has 2 rings (SSSR count). The number of non-ortho nitro benzene ring substituents is 1. The molecule has 0 amide bonds. The van der Waals surface area contributed by atoms with E-state index >= 15 is 0 Å². The molecule has 0 saturated carbocycles. The molecule has 9 nitrogen and oxygen atoms in total. The molecule has 104 valence electrons. The summed E-state index contributed by atoms with van der Waals surface area (Å²) in [5.74, 6) is 0. The van der Waals surface area contributed by atoms with Crippen molar-refractivity contribution in [3.63, 3.8) is 0 Å². The maximum atomic E-state index is 10.9. The van der Waals surface area contributed by atoms with E-state index in [1.807, 2.05) is 0 Å². The third kappa shape index (κ3) is 2.88. The predicted octanol–water partition coefficient (Wildman–Crippen LogP) is 1.85. The van der Waals surface area contributed by atoms with Gasteiger partial charge < -0.3 is 5.32 Å². The van der Waals surface area contributed by atoms with E-state index in [2.05, 4.69) is 10.4 Å². The molecular formula is C11H11N5O4. The van der Waals surface area contributed by atoms with Crippen LogP contribution in [0.15, 0.2) is 30.5 Å². The lowest BCUT2D eigenvalue weighted by atomic mass is 10.2. The van der Waals surface area contributed by atoms with Gasteiger partial charge >= 0.3 is 0 Å². The van der Waals surface area contributed by atoms with Crippen LogP contribution in [0, 0.1) is 20.2 Å². The second-order valence-corrected chi connectivity index (χ2v) is 4.05. The molecule has 1 aromatic carbocycles. The van der Waals surface area contributed by atoms with Crippen molar-refractivity contribution in [2.45, 2.75) is 6.54 Å². The van der Waals surface area contributed by atoms with Crippen LogP contribution in [0.5, 0.6) is 0 Å². The molecule has 0 atom stereocenters. The number of hydrogen-bond acceptors (Lipinski definition) is 6. The highest BCUT2D eigenvalue weighted by molar-refractivity contribution is 5.65. The Morgan fingerprint density at radius 1 is 1.25 bits per heavy atom. The molecule has 0 spiro atoms. The standard InChI is InChI=1S/C11H11N5O4/c1-14-5-4-8(13-14)7-12-10-3-2-9(15(17)18)6-11(10)16(19)20/h2-6,12H,7H2,1H3. The zero-order chi connectivity index (χ0) is 14.7. The zero-order valence-corrected chi connectivity index (χ0v) is 10.5. The smallest absolute Gasteiger partial charge is 0.299 e. The van der Waals surface area contributed by atoms with Gasteiger partial charge in [0.2, 0.25) is 0 Å². The Labute approximate surface area is 113 Å². The van der Waals surface area contributed by atoms with Gasteiger partial charge in [0.15, 0.2) is 0 Å². The summed E-state index contributed by atoms with van der Waals surface area (Å²) in [5.41, 5.74) is 0.265. The summed E-state index contributed by atoms with van der Waals surface area (Å²) in [7, 11) is 1.76. The van der Waals surface area contributed by atoms with Crippen LogP contribution in [-0.2, 0) is 13.6 Å². The molecule has 0 aliphatic heterocycles. The Kier molecular flexibility index (Phi) is 3.60. The summed E-state index contributed by atoms with van der Waals surface area (Å²) in [4.78, 5) is 20.2. The van der Waals surface area contributed by atoms with E-state index in [9.17, 15) is 20.2 Å². The van der Waals surface area contributed by atoms with Crippen molar-refractivity contribution in [1.82, 2.24) is 9.78 Å². The van der Waals surface area contributed by atoms with Gasteiger partial charge in [0, 0.05) is 19.3 Å². The van der Waals surface area contributed by atoms with Gasteiger partial charge in [0.1, 0.15) is 5.69 Å². The number of benzene rings is 1. The summed E-state index contributed by atoms with van der Waals surface area (Å²) in [6.07, 6.45) is 1.75. The van der Waals surface area contributed by atoms with E-state index in [-0.39, 0.29) is 17.1 Å². The van der Waals surface area contributed by atoms with E-state index < -0.39 is 9.85 Å². The second kappa shape index (κ2) is 5.34. The number of aromatic nitrogens is 2. The Bertz CT molecular complexity index is 667. The van der Waals surface area contributed by atoms with E-state index in [0.717, 1.165) is 6.07 Å². The summed E-state index contributed by atoms with van der Waals surface area (Å²) < 4.78 is 1.61. The number of anilines is 1. The summed E-state index contributed by atoms with van der Waals surface area (Å²) >= 11 is 0. The molecular weight excluding hydrogens is 266 g/mol. The molecule has 9 heteroatoms. The van der Waals surface area contributed by atoms with Gasteiger partial charge in [0.25, 0.3) is 11.4 Å². The number of rotatable bonds is 5. The lowest BCUT2D eigenvalue weighted by Crippen LogP contribution is -2.04. The lowest BCUT2D eigenvalue weighted by Gasteiger charge is -2.05. The first-order chi connectivity index (χ1) is 9.47. The normalized spacial score (nSPS) is 10.2. The lowest BCUT2D eigenvalue weighted by molar-refractivity contribution is -0.393. The van der Waals surface area contributed by atoms with Crippen LogP contribution in [0.25, 0.3) is 0 Å². The van der Waals surface area contributed by atoms with Gasteiger partial charge in [-0.3, -0.25) is 24.9 Å². The highest BCUT2D eigenvalue weighted by Crippen LogP contribution is 2.29. The van der Waals surface area contributed by atoms with Crippen molar-refractivity contribution in [1.29, 1.82) is 0 Å². The molecule has 0 saturated heterocycles. The molecule has 0 unspecified atom stereocenters. The van der Waals surface area contributed by atoms with Gasteiger partial charge in [-0.1, -0.05) is 0 Å². The minimum absolute atomic E-state index is 0.214. The van der Waals surface area contributed by atoms with E-state index in [1.165, 1.54) is 12.1 Å². The molecule has 0 aliphatic carbocycles. The number of aryl methyl sites for hydroxylation is 1. The first-order valence-electron chi connectivity index (χ1n) is 5.62. The highest BCUT2D eigenvalue weighted by Gasteiger charge is 2.19. The third-order valence-corrected chi connectivity index (χ3v) is 2.62. The molecule has 1 aromatic heterocycles. The largest absolute Gasteiger partial charge is 0.374 e. The fourth-order valence-electron chi connectivity index (χ4n) is 1.68. The summed E-state index contributed by atoms with van der Waals surface area (Å²) in [5, 5.41) is 28.5. The van der Waals surface area contributed by atoms with Crippen LogP contribution in [0.2, 0.25) is 0 Å². The molecule has 0 aliphatic rings. The quantitative estimate of drug-likeness (QED) is 0.658. The fraction of sp³-hybridized carbons (Fsp3) is 0.182. The van der Waals surface area contributed by atoms with Gasteiger partial charge in [-0.2, -0.15) is 5.10 Å². The van der Waals surface area contributed by atoms with Crippen molar-refractivity contribution in [3.8, 4) is 0 Å². The van der Waals surface area contributed by atoms with Crippen LogP contribution in [0.1, 0.15) is 5.69 Å². The van der Waals surface area contributed by atoms with Crippen molar-refractivity contribution in [2.75, 3.05) is 5.32 Å². The minimum atomic E-state index is -0.671. The maximum absolute atomic E-state index is 10.9.